The van der Waals surface area contributed by atoms with Crippen molar-refractivity contribution in [3.8, 4) is 0 Å². The minimum Gasteiger partial charge on any atom is -0.0531 e. The van der Waals surface area contributed by atoms with Gasteiger partial charge in [0, 0.05) is 18.9 Å². The molecule has 2 rings (SSSR count). The van der Waals surface area contributed by atoms with Gasteiger partial charge in [0.2, 0.25) is 0 Å². The zero-order chi connectivity index (χ0) is 7.14. The van der Waals surface area contributed by atoms with Gasteiger partial charge in [-0.25, -0.2) is 0 Å². The van der Waals surface area contributed by atoms with E-state index in [0.717, 1.165) is 6.42 Å². The van der Waals surface area contributed by atoms with Gasteiger partial charge in [0.1, 0.15) is 6.42 Å². The Hall–Kier alpha value is -0.870. The molecule has 0 aromatic rings. The highest BCUT2D eigenvalue weighted by atomic mass is 14.2. The van der Waals surface area contributed by atoms with Crippen LogP contribution < -0.4 is 0 Å². The molecule has 0 saturated heterocycles. The molecular formula is C10H11+. The molecule has 50 valence electrons. The molecule has 0 N–H and O–H groups in total. The predicted molar refractivity (Wildman–Crippen MR) is 42.4 cm³/mol. The Labute approximate surface area is 61.9 Å². The van der Waals surface area contributed by atoms with Crippen LogP contribution in [-0.2, 0) is 0 Å². The van der Waals surface area contributed by atoms with E-state index in [1.807, 2.05) is 0 Å². The lowest BCUT2D eigenvalue weighted by Gasteiger charge is -2.14. The summed E-state index contributed by atoms with van der Waals surface area (Å²) in [4.78, 5) is 0. The molecule has 1 atom stereocenters. The van der Waals surface area contributed by atoms with E-state index in [1.165, 1.54) is 16.7 Å². The Bertz CT molecular complexity index is 251. The van der Waals surface area contributed by atoms with Gasteiger partial charge in [-0.05, 0) is 12.2 Å². The first-order valence-corrected chi connectivity index (χ1v) is 3.78. The quantitative estimate of drug-likeness (QED) is 0.443. The lowest BCUT2D eigenvalue weighted by atomic mass is 9.80. The van der Waals surface area contributed by atoms with E-state index in [1.54, 1.807) is 0 Å². The second-order valence-electron chi connectivity index (χ2n) is 3.13. The summed E-state index contributed by atoms with van der Waals surface area (Å²) < 4.78 is 0. The zero-order valence-corrected chi connectivity index (χ0v) is 6.44. The highest BCUT2D eigenvalue weighted by Gasteiger charge is 2.31. The molecule has 0 bridgehead atoms. The average molecular weight is 131 g/mol. The molecule has 0 nitrogen and oxygen atoms in total. The van der Waals surface area contributed by atoms with Gasteiger partial charge in [-0.2, -0.15) is 0 Å². The molecule has 0 fully saturated rings. The van der Waals surface area contributed by atoms with Gasteiger partial charge in [0.15, 0.2) is 5.57 Å². The third kappa shape index (κ3) is 0.661. The van der Waals surface area contributed by atoms with Crippen molar-refractivity contribution in [1.29, 1.82) is 0 Å². The van der Waals surface area contributed by atoms with Crippen LogP contribution in [0.15, 0.2) is 28.9 Å². The lowest BCUT2D eigenvalue weighted by molar-refractivity contribution is 0.860. The standard InChI is InChI=1S/C10H11/c1-7-5-8(2)10-4-3-9(10)6-7/h5-7H,3H2,1-2H3/q+1. The first kappa shape index (κ1) is 5.88. The van der Waals surface area contributed by atoms with E-state index in [9.17, 15) is 0 Å². The summed E-state index contributed by atoms with van der Waals surface area (Å²) in [6.07, 6.45) is 9.00. The maximum absolute atomic E-state index is 3.30. The summed E-state index contributed by atoms with van der Waals surface area (Å²) >= 11 is 0. The molecule has 0 spiro atoms. The summed E-state index contributed by atoms with van der Waals surface area (Å²) in [6, 6.07) is 0. The fourth-order valence-electron chi connectivity index (χ4n) is 1.66. The van der Waals surface area contributed by atoms with Crippen molar-refractivity contribution in [3.63, 3.8) is 0 Å². The Morgan fingerprint density at radius 2 is 2.30 bits per heavy atom. The Morgan fingerprint density at radius 3 is 2.80 bits per heavy atom. The van der Waals surface area contributed by atoms with Gasteiger partial charge >= 0.3 is 0 Å². The number of hydrogen-bond donors (Lipinski definition) is 0. The average Bonchev–Trinajstić information content (AvgIpc) is 1.77. The van der Waals surface area contributed by atoms with E-state index < -0.39 is 0 Å². The highest BCUT2D eigenvalue weighted by molar-refractivity contribution is 5.54. The van der Waals surface area contributed by atoms with Crippen molar-refractivity contribution in [1.82, 2.24) is 0 Å². The van der Waals surface area contributed by atoms with Gasteiger partial charge < -0.3 is 0 Å². The van der Waals surface area contributed by atoms with E-state index in [2.05, 4.69) is 32.1 Å². The zero-order valence-electron chi connectivity index (χ0n) is 6.44. The Balaban J connectivity index is 2.40. The highest BCUT2D eigenvalue weighted by Crippen LogP contribution is 2.36. The minimum absolute atomic E-state index is 0.640. The van der Waals surface area contributed by atoms with Crippen molar-refractivity contribution in [2.24, 2.45) is 5.92 Å². The minimum atomic E-state index is 0.640. The molecule has 0 aromatic heterocycles. The van der Waals surface area contributed by atoms with Crippen LogP contribution in [0, 0.1) is 12.0 Å². The second kappa shape index (κ2) is 1.81. The molecule has 0 aromatic carbocycles. The Morgan fingerprint density at radius 1 is 1.50 bits per heavy atom. The van der Waals surface area contributed by atoms with E-state index in [4.69, 9.17) is 0 Å². The first-order chi connectivity index (χ1) is 4.77. The molecule has 1 unspecified atom stereocenters. The van der Waals surface area contributed by atoms with E-state index in [0.29, 0.717) is 5.92 Å². The monoisotopic (exact) mass is 131 g/mol. The summed E-state index contributed by atoms with van der Waals surface area (Å²) in [5.74, 6) is 0.640. The smallest absolute Gasteiger partial charge is 0.0531 e. The SMILES string of the molecule is CC1=CC(C)C=C2C[C+]=C12. The maximum atomic E-state index is 3.30. The predicted octanol–water partition coefficient (Wildman–Crippen LogP) is 2.64. The van der Waals surface area contributed by atoms with Gasteiger partial charge in [-0.3, -0.25) is 0 Å². The molecule has 2 aliphatic rings. The van der Waals surface area contributed by atoms with Crippen LogP contribution >= 0.6 is 0 Å². The first-order valence-electron chi connectivity index (χ1n) is 3.78. The number of rotatable bonds is 0. The normalized spacial score (nSPS) is 28.6. The maximum Gasteiger partial charge on any atom is 0.192 e. The van der Waals surface area contributed by atoms with Crippen LogP contribution in [0.5, 0.6) is 0 Å². The van der Waals surface area contributed by atoms with Crippen molar-refractivity contribution in [2.75, 3.05) is 0 Å². The number of allylic oxidation sites excluding steroid dienone is 6. The van der Waals surface area contributed by atoms with Gasteiger partial charge in [-0.15, -0.1) is 0 Å². The largest absolute Gasteiger partial charge is 0.192 e. The van der Waals surface area contributed by atoms with Crippen LogP contribution in [0.4, 0.5) is 0 Å². The third-order valence-electron chi connectivity index (χ3n) is 2.15. The Kier molecular flexibility index (Phi) is 1.06. The number of fused-ring (bicyclic) bond motifs is 1. The van der Waals surface area contributed by atoms with E-state index >= 15 is 0 Å². The van der Waals surface area contributed by atoms with Crippen molar-refractivity contribution >= 4 is 0 Å². The van der Waals surface area contributed by atoms with Crippen LogP contribution in [0.25, 0.3) is 0 Å². The van der Waals surface area contributed by atoms with Crippen LogP contribution in [0.2, 0.25) is 0 Å². The van der Waals surface area contributed by atoms with Crippen molar-refractivity contribution in [2.45, 2.75) is 20.3 Å². The van der Waals surface area contributed by atoms with Crippen LogP contribution in [0.1, 0.15) is 20.3 Å². The molecule has 0 amide bonds. The van der Waals surface area contributed by atoms with Crippen molar-refractivity contribution < 1.29 is 0 Å². The fourth-order valence-corrected chi connectivity index (χ4v) is 1.66. The molecule has 0 aliphatic heterocycles. The topological polar surface area (TPSA) is 0 Å². The molecular weight excluding hydrogens is 120 g/mol. The van der Waals surface area contributed by atoms with Gasteiger partial charge in [0.25, 0.3) is 0 Å². The lowest BCUT2D eigenvalue weighted by Crippen LogP contribution is -2.08. The van der Waals surface area contributed by atoms with Crippen LogP contribution in [0.3, 0.4) is 0 Å². The fraction of sp³-hybridized carbons (Fsp3) is 0.400. The van der Waals surface area contributed by atoms with Gasteiger partial charge in [0.05, 0.1) is 11.1 Å². The molecule has 0 radical (unpaired) electrons. The summed E-state index contributed by atoms with van der Waals surface area (Å²) in [7, 11) is 0. The third-order valence-corrected chi connectivity index (χ3v) is 2.15. The summed E-state index contributed by atoms with van der Waals surface area (Å²) in [5.41, 5.74) is 4.29. The molecule has 10 heavy (non-hydrogen) atoms. The molecule has 0 heteroatoms. The van der Waals surface area contributed by atoms with E-state index in [-0.39, 0.29) is 0 Å². The van der Waals surface area contributed by atoms with Crippen molar-refractivity contribution in [3.05, 3.63) is 34.9 Å². The van der Waals surface area contributed by atoms with Crippen LogP contribution in [-0.4, -0.2) is 0 Å². The molecule has 2 aliphatic carbocycles. The summed E-state index contributed by atoms with van der Waals surface area (Å²) in [5, 5.41) is 0. The number of hydrogen-bond acceptors (Lipinski definition) is 0. The molecule has 0 heterocycles. The molecule has 0 saturated carbocycles. The second-order valence-corrected chi connectivity index (χ2v) is 3.13. The summed E-state index contributed by atoms with van der Waals surface area (Å²) in [6.45, 7) is 4.40. The van der Waals surface area contributed by atoms with Gasteiger partial charge in [-0.1, -0.05) is 6.92 Å².